The lowest BCUT2D eigenvalue weighted by atomic mass is 9.83. The van der Waals surface area contributed by atoms with Gasteiger partial charge in [0.15, 0.2) is 0 Å². The van der Waals surface area contributed by atoms with Gasteiger partial charge in [-0.1, -0.05) is 34.6 Å². The largest absolute Gasteiger partial charge is 0.377 e. The van der Waals surface area contributed by atoms with Crippen molar-refractivity contribution in [2.45, 2.75) is 78.6 Å². The molecule has 0 spiro atoms. The number of ether oxygens (including phenoxy) is 1. The van der Waals surface area contributed by atoms with Crippen molar-refractivity contribution in [1.82, 2.24) is 10.2 Å². The van der Waals surface area contributed by atoms with Crippen LogP contribution >= 0.6 is 0 Å². The average Bonchev–Trinajstić information content (AvgIpc) is 2.89. The number of piperazine rings is 1. The van der Waals surface area contributed by atoms with Gasteiger partial charge in [-0.3, -0.25) is 4.90 Å². The second-order valence-electron chi connectivity index (χ2n) is 8.13. The quantitative estimate of drug-likeness (QED) is 0.861. The minimum Gasteiger partial charge on any atom is -0.377 e. The molecule has 1 N–H and O–H groups in total. The minimum absolute atomic E-state index is 0.316. The first-order valence-corrected chi connectivity index (χ1v) is 8.41. The van der Waals surface area contributed by atoms with Gasteiger partial charge in [0.1, 0.15) is 0 Å². The zero-order valence-corrected chi connectivity index (χ0v) is 14.3. The van der Waals surface area contributed by atoms with Crippen molar-refractivity contribution in [2.24, 2.45) is 11.3 Å². The first-order valence-electron chi connectivity index (χ1n) is 8.41. The van der Waals surface area contributed by atoms with Crippen LogP contribution in [0.15, 0.2) is 0 Å². The minimum atomic E-state index is 0.316. The van der Waals surface area contributed by atoms with Crippen molar-refractivity contribution in [3.05, 3.63) is 0 Å². The molecule has 0 saturated carbocycles. The van der Waals surface area contributed by atoms with Crippen molar-refractivity contribution < 1.29 is 4.74 Å². The Balaban J connectivity index is 2.09. The topological polar surface area (TPSA) is 24.5 Å². The summed E-state index contributed by atoms with van der Waals surface area (Å²) in [5, 5.41) is 3.78. The van der Waals surface area contributed by atoms with Crippen LogP contribution in [0.3, 0.4) is 0 Å². The predicted molar refractivity (Wildman–Crippen MR) is 85.0 cm³/mol. The van der Waals surface area contributed by atoms with Crippen LogP contribution in [0.2, 0.25) is 0 Å². The molecule has 0 radical (unpaired) electrons. The second-order valence-corrected chi connectivity index (χ2v) is 8.13. The van der Waals surface area contributed by atoms with Crippen LogP contribution in [0.25, 0.3) is 0 Å². The third-order valence-corrected chi connectivity index (χ3v) is 5.23. The molecule has 4 atom stereocenters. The highest BCUT2D eigenvalue weighted by Gasteiger charge is 2.39. The number of nitrogens with one attached hydrogen (secondary N) is 1. The van der Waals surface area contributed by atoms with Crippen molar-refractivity contribution in [3.8, 4) is 0 Å². The van der Waals surface area contributed by atoms with E-state index in [1.54, 1.807) is 0 Å². The zero-order valence-electron chi connectivity index (χ0n) is 14.3. The third-order valence-electron chi connectivity index (χ3n) is 5.23. The van der Waals surface area contributed by atoms with Gasteiger partial charge in [0, 0.05) is 37.8 Å². The molecule has 3 nitrogen and oxygen atoms in total. The Morgan fingerprint density at radius 3 is 2.40 bits per heavy atom. The Kier molecular flexibility index (Phi) is 5.14. The molecule has 118 valence electrons. The Morgan fingerprint density at radius 2 is 1.90 bits per heavy atom. The van der Waals surface area contributed by atoms with Gasteiger partial charge >= 0.3 is 0 Å². The standard InChI is InChI=1S/C17H34N2O/c1-12(2)14-10-18-16(17(4,5)6)11-19(14)13(3)15-8-7-9-20-15/h12-16,18H,7-11H2,1-6H3. The summed E-state index contributed by atoms with van der Waals surface area (Å²) in [5.41, 5.74) is 0.316. The molecule has 0 bridgehead atoms. The van der Waals surface area contributed by atoms with Gasteiger partial charge in [-0.25, -0.2) is 0 Å². The molecule has 2 rings (SSSR count). The number of hydrogen-bond acceptors (Lipinski definition) is 3. The maximum atomic E-state index is 5.95. The molecule has 0 aromatic carbocycles. The summed E-state index contributed by atoms with van der Waals surface area (Å²) in [7, 11) is 0. The highest BCUT2D eigenvalue weighted by atomic mass is 16.5. The monoisotopic (exact) mass is 282 g/mol. The lowest BCUT2D eigenvalue weighted by Crippen LogP contribution is -2.65. The Labute approximate surface area is 125 Å². The molecule has 0 aromatic heterocycles. The van der Waals surface area contributed by atoms with Gasteiger partial charge in [0.25, 0.3) is 0 Å². The van der Waals surface area contributed by atoms with Crippen LogP contribution in [0.4, 0.5) is 0 Å². The summed E-state index contributed by atoms with van der Waals surface area (Å²) >= 11 is 0. The fraction of sp³-hybridized carbons (Fsp3) is 1.00. The third kappa shape index (κ3) is 3.55. The van der Waals surface area contributed by atoms with Crippen LogP contribution in [0, 0.1) is 11.3 Å². The molecule has 3 heteroatoms. The van der Waals surface area contributed by atoms with Crippen LogP contribution < -0.4 is 5.32 Å². The molecular weight excluding hydrogens is 248 g/mol. The summed E-state index contributed by atoms with van der Waals surface area (Å²) in [6.07, 6.45) is 2.90. The molecule has 2 aliphatic rings. The predicted octanol–water partition coefficient (Wildman–Crippen LogP) is 2.90. The van der Waals surface area contributed by atoms with Crippen molar-refractivity contribution in [2.75, 3.05) is 19.7 Å². The van der Waals surface area contributed by atoms with Crippen molar-refractivity contribution in [1.29, 1.82) is 0 Å². The average molecular weight is 282 g/mol. The number of nitrogens with zero attached hydrogens (tertiary/aromatic N) is 1. The molecule has 0 aliphatic carbocycles. The number of rotatable bonds is 3. The fourth-order valence-corrected chi connectivity index (χ4v) is 3.65. The van der Waals surface area contributed by atoms with E-state index in [9.17, 15) is 0 Å². The Hall–Kier alpha value is -0.120. The lowest BCUT2D eigenvalue weighted by molar-refractivity contribution is -0.0267. The summed E-state index contributed by atoms with van der Waals surface area (Å²) < 4.78 is 5.95. The Bertz CT molecular complexity index is 305. The van der Waals surface area contributed by atoms with E-state index in [0.717, 1.165) is 19.7 Å². The normalized spacial score (nSPS) is 34.6. The molecular formula is C17H34N2O. The number of hydrogen-bond donors (Lipinski definition) is 1. The summed E-state index contributed by atoms with van der Waals surface area (Å²) in [5.74, 6) is 0.687. The molecule has 0 amide bonds. The first kappa shape index (κ1) is 16.3. The van der Waals surface area contributed by atoms with Gasteiger partial charge in [0.05, 0.1) is 6.10 Å². The zero-order chi connectivity index (χ0) is 14.9. The SMILES string of the molecule is CC(C)C1CNC(C(C)(C)C)CN1C(C)C1CCCO1. The van der Waals surface area contributed by atoms with E-state index in [2.05, 4.69) is 51.8 Å². The highest BCUT2D eigenvalue weighted by Crippen LogP contribution is 2.29. The van der Waals surface area contributed by atoms with Gasteiger partial charge in [-0.05, 0) is 31.1 Å². The molecule has 2 heterocycles. The molecule has 2 aliphatic heterocycles. The summed E-state index contributed by atoms with van der Waals surface area (Å²) in [6.45, 7) is 17.3. The van der Waals surface area contributed by atoms with E-state index in [4.69, 9.17) is 4.74 Å². The summed E-state index contributed by atoms with van der Waals surface area (Å²) in [4.78, 5) is 2.73. The van der Waals surface area contributed by atoms with E-state index >= 15 is 0 Å². The second kappa shape index (κ2) is 6.33. The van der Waals surface area contributed by atoms with Crippen molar-refractivity contribution >= 4 is 0 Å². The molecule has 2 fully saturated rings. The highest BCUT2D eigenvalue weighted by molar-refractivity contribution is 4.96. The van der Waals surface area contributed by atoms with Crippen LogP contribution in [0.1, 0.15) is 54.4 Å². The summed E-state index contributed by atoms with van der Waals surface area (Å²) in [6, 6.07) is 1.74. The van der Waals surface area contributed by atoms with Crippen LogP contribution in [-0.2, 0) is 4.74 Å². The van der Waals surface area contributed by atoms with Crippen LogP contribution in [-0.4, -0.2) is 48.8 Å². The smallest absolute Gasteiger partial charge is 0.0728 e. The Morgan fingerprint density at radius 1 is 1.20 bits per heavy atom. The van der Waals surface area contributed by atoms with E-state index in [-0.39, 0.29) is 0 Å². The molecule has 4 unspecified atom stereocenters. The van der Waals surface area contributed by atoms with E-state index in [0.29, 0.717) is 35.6 Å². The van der Waals surface area contributed by atoms with Crippen molar-refractivity contribution in [3.63, 3.8) is 0 Å². The van der Waals surface area contributed by atoms with Gasteiger partial charge < -0.3 is 10.1 Å². The van der Waals surface area contributed by atoms with E-state index in [1.165, 1.54) is 12.8 Å². The fourth-order valence-electron chi connectivity index (χ4n) is 3.65. The lowest BCUT2D eigenvalue weighted by Gasteiger charge is -2.49. The first-order chi connectivity index (χ1) is 9.30. The maximum absolute atomic E-state index is 5.95. The van der Waals surface area contributed by atoms with E-state index < -0.39 is 0 Å². The molecule has 20 heavy (non-hydrogen) atoms. The molecule has 0 aromatic rings. The maximum Gasteiger partial charge on any atom is 0.0728 e. The van der Waals surface area contributed by atoms with Gasteiger partial charge in [-0.15, -0.1) is 0 Å². The van der Waals surface area contributed by atoms with Gasteiger partial charge in [-0.2, -0.15) is 0 Å². The van der Waals surface area contributed by atoms with E-state index in [1.807, 2.05) is 0 Å². The molecule has 2 saturated heterocycles. The van der Waals surface area contributed by atoms with Gasteiger partial charge in [0.2, 0.25) is 0 Å². The van der Waals surface area contributed by atoms with Crippen LogP contribution in [0.5, 0.6) is 0 Å².